The first-order chi connectivity index (χ1) is 30.6. The number of allylic oxidation sites excluding steroid dienone is 18. The maximum atomic E-state index is 6.46. The minimum Gasteiger partial charge on any atom is -0.436 e. The average molecular weight is 842 g/mol. The highest BCUT2D eigenvalue weighted by atomic mass is 32.1. The number of thiophene rings is 1. The third-order valence-corrected chi connectivity index (χ3v) is 11.9. The third-order valence-electron chi connectivity index (χ3n) is 10.7. The van der Waals surface area contributed by atoms with Crippen LogP contribution < -0.4 is 0 Å². The molecule has 3 aromatic carbocycles. The maximum absolute atomic E-state index is 6.46. The molecule has 0 amide bonds. The molecule has 0 radical (unpaired) electrons. The van der Waals surface area contributed by atoms with Gasteiger partial charge in [-0.2, -0.15) is 0 Å². The van der Waals surface area contributed by atoms with Gasteiger partial charge in [-0.15, -0.1) is 11.3 Å². The Labute approximate surface area is 374 Å². The summed E-state index contributed by atoms with van der Waals surface area (Å²) >= 11 is 1.85. The Morgan fingerprint density at radius 3 is 2.27 bits per heavy atom. The van der Waals surface area contributed by atoms with Crippen molar-refractivity contribution in [2.75, 3.05) is 0 Å². The van der Waals surface area contributed by atoms with E-state index in [9.17, 15) is 0 Å². The van der Waals surface area contributed by atoms with Gasteiger partial charge in [0.2, 0.25) is 5.89 Å². The highest BCUT2D eigenvalue weighted by molar-refractivity contribution is 7.26. The second kappa shape index (κ2) is 19.5. The number of hydrogen-bond donors (Lipinski definition) is 0. The van der Waals surface area contributed by atoms with Crippen LogP contribution in [-0.4, -0.2) is 24.5 Å². The Morgan fingerprint density at radius 2 is 1.54 bits per heavy atom. The zero-order valence-corrected chi connectivity index (χ0v) is 37.6. The lowest BCUT2D eigenvalue weighted by Gasteiger charge is -2.12. The second-order valence-electron chi connectivity index (χ2n) is 14.9. The largest absolute Gasteiger partial charge is 0.436 e. The first-order valence-electron chi connectivity index (χ1n) is 20.9. The number of nitrogens with zero attached hydrogens (tertiary/aromatic N) is 5. The predicted octanol–water partition coefficient (Wildman–Crippen LogP) is 15.6. The zero-order chi connectivity index (χ0) is 44.6. The Bertz CT molecular complexity index is 3200. The topological polar surface area (TPSA) is 69.6 Å². The van der Waals surface area contributed by atoms with Crippen LogP contribution in [0.15, 0.2) is 170 Å². The van der Waals surface area contributed by atoms with E-state index in [1.165, 1.54) is 31.3 Å². The molecule has 7 heteroatoms. The summed E-state index contributed by atoms with van der Waals surface area (Å²) in [5, 5.41) is 2.58. The fourth-order valence-corrected chi connectivity index (χ4v) is 8.92. The van der Waals surface area contributed by atoms with E-state index in [0.717, 1.165) is 44.9 Å². The van der Waals surface area contributed by atoms with Crippen molar-refractivity contribution >= 4 is 82.8 Å². The molecule has 7 aromatic rings. The molecule has 63 heavy (non-hydrogen) atoms. The SMILES string of the molecule is C=C/C=C\c1c(C)c(/C=C(\C)c2cccc3c2sc2ccccc23)c(C)n1C(/C=C\C)=C/C(=C)c1nc2ccc(-c3nc(/C(C=C)=C/C=C\C)nc(C(/C=C\C)=C/C=C)n3)cc2o1. The standard InChI is InChI=1S/C56H51N5OS/c1-11-17-25-40(16-6)53-58-54(41(22-13-3)23-14-4)60-55(59-53)42-31-32-48-50(35-42)62-56(57-48)37(8)33-43(24-15-5)61-39(10)47(38(9)49(61)29-18-12-2)34-36(7)44-27-21-28-46-45-26-19-20-30-51(45)63-52(44)46/h11-35H,2-3,6,8H2,1,4-5,7,9-10H3/b17-11-,23-14-,24-15-,29-18-,36-34+,40-25+,41-22+,43-33+. The second-order valence-corrected chi connectivity index (χ2v) is 15.9. The predicted molar refractivity (Wildman–Crippen MR) is 273 cm³/mol. The third kappa shape index (κ3) is 8.96. The van der Waals surface area contributed by atoms with Gasteiger partial charge in [-0.1, -0.05) is 130 Å². The smallest absolute Gasteiger partial charge is 0.226 e. The molecule has 0 bridgehead atoms. The molecular formula is C56H51N5OS. The summed E-state index contributed by atoms with van der Waals surface area (Å²) in [5.74, 6) is 1.90. The Kier molecular flexibility index (Phi) is 13.5. The minimum atomic E-state index is 0.408. The molecular weight excluding hydrogens is 791 g/mol. The van der Waals surface area contributed by atoms with Crippen molar-refractivity contribution < 1.29 is 4.42 Å². The van der Waals surface area contributed by atoms with E-state index in [0.29, 0.717) is 40.0 Å². The van der Waals surface area contributed by atoms with Gasteiger partial charge in [-0.05, 0) is 112 Å². The van der Waals surface area contributed by atoms with E-state index in [1.807, 2.05) is 105 Å². The number of rotatable bonds is 15. The van der Waals surface area contributed by atoms with Crippen LogP contribution in [0.5, 0.6) is 0 Å². The molecule has 0 unspecified atom stereocenters. The molecule has 0 saturated heterocycles. The van der Waals surface area contributed by atoms with Crippen LogP contribution in [-0.2, 0) is 0 Å². The molecule has 0 atom stereocenters. The molecule has 0 aliphatic heterocycles. The number of hydrogen-bond acceptors (Lipinski definition) is 6. The van der Waals surface area contributed by atoms with Crippen LogP contribution >= 0.6 is 11.3 Å². The van der Waals surface area contributed by atoms with E-state index < -0.39 is 0 Å². The zero-order valence-electron chi connectivity index (χ0n) is 36.8. The van der Waals surface area contributed by atoms with Crippen LogP contribution in [0, 0.1) is 13.8 Å². The van der Waals surface area contributed by atoms with E-state index in [1.54, 1.807) is 18.2 Å². The van der Waals surface area contributed by atoms with Gasteiger partial charge in [0, 0.05) is 59.5 Å². The fraction of sp³-hybridized carbons (Fsp3) is 0.107. The van der Waals surface area contributed by atoms with Crippen LogP contribution in [0.2, 0.25) is 0 Å². The van der Waals surface area contributed by atoms with Crippen molar-refractivity contribution in [3.05, 3.63) is 212 Å². The van der Waals surface area contributed by atoms with Gasteiger partial charge in [-0.25, -0.2) is 19.9 Å². The Hall–Kier alpha value is -7.48. The van der Waals surface area contributed by atoms with Crippen molar-refractivity contribution in [3.8, 4) is 11.4 Å². The summed E-state index contributed by atoms with van der Waals surface area (Å²) in [4.78, 5) is 19.5. The lowest BCUT2D eigenvalue weighted by atomic mass is 10.00. The number of benzene rings is 3. The van der Waals surface area contributed by atoms with Crippen molar-refractivity contribution in [2.24, 2.45) is 0 Å². The van der Waals surface area contributed by atoms with Crippen LogP contribution in [0.4, 0.5) is 0 Å². The van der Waals surface area contributed by atoms with Crippen molar-refractivity contribution in [1.29, 1.82) is 0 Å². The first kappa shape index (κ1) is 43.6. The van der Waals surface area contributed by atoms with Crippen LogP contribution in [0.1, 0.15) is 73.3 Å². The summed E-state index contributed by atoms with van der Waals surface area (Å²) < 4.78 is 11.3. The summed E-state index contributed by atoms with van der Waals surface area (Å²) in [7, 11) is 0. The quantitative estimate of drug-likeness (QED) is 0.0962. The monoisotopic (exact) mass is 841 g/mol. The molecule has 6 nitrogen and oxygen atoms in total. The molecule has 312 valence electrons. The summed E-state index contributed by atoms with van der Waals surface area (Å²) in [5.41, 5.74) is 12.0. The molecule has 0 aliphatic carbocycles. The summed E-state index contributed by atoms with van der Waals surface area (Å²) in [6.07, 6.45) is 29.4. The normalized spacial score (nSPS) is 13.3. The number of aromatic nitrogens is 5. The van der Waals surface area contributed by atoms with Gasteiger partial charge in [0.25, 0.3) is 0 Å². The van der Waals surface area contributed by atoms with E-state index in [4.69, 9.17) is 24.4 Å². The van der Waals surface area contributed by atoms with Crippen LogP contribution in [0.25, 0.3) is 82.8 Å². The lowest BCUT2D eigenvalue weighted by Crippen LogP contribution is -2.04. The highest BCUT2D eigenvalue weighted by Crippen LogP contribution is 2.40. The van der Waals surface area contributed by atoms with Gasteiger partial charge in [0.05, 0.1) is 0 Å². The Morgan fingerprint density at radius 1 is 0.778 bits per heavy atom. The van der Waals surface area contributed by atoms with Crippen molar-refractivity contribution in [3.63, 3.8) is 0 Å². The Balaban J connectivity index is 1.29. The summed E-state index contributed by atoms with van der Waals surface area (Å²) in [6.45, 7) is 28.8. The highest BCUT2D eigenvalue weighted by Gasteiger charge is 2.20. The lowest BCUT2D eigenvalue weighted by molar-refractivity contribution is 0.586. The molecule has 0 N–H and O–H groups in total. The van der Waals surface area contributed by atoms with Gasteiger partial charge < -0.3 is 8.98 Å². The van der Waals surface area contributed by atoms with Crippen molar-refractivity contribution in [1.82, 2.24) is 24.5 Å². The molecule has 0 aliphatic rings. The van der Waals surface area contributed by atoms with Gasteiger partial charge in [-0.3, -0.25) is 0 Å². The van der Waals surface area contributed by atoms with Crippen molar-refractivity contribution in [2.45, 2.75) is 41.5 Å². The minimum absolute atomic E-state index is 0.408. The first-order valence-corrected chi connectivity index (χ1v) is 21.7. The fourth-order valence-electron chi connectivity index (χ4n) is 7.64. The molecule has 7 rings (SSSR count). The van der Waals surface area contributed by atoms with E-state index >= 15 is 0 Å². The van der Waals surface area contributed by atoms with Crippen LogP contribution in [0.3, 0.4) is 0 Å². The molecule has 0 saturated carbocycles. The number of oxazole rings is 1. The average Bonchev–Trinajstić information content (AvgIpc) is 3.97. The molecule has 4 heterocycles. The van der Waals surface area contributed by atoms with E-state index in [-0.39, 0.29) is 0 Å². The molecule has 0 spiro atoms. The maximum Gasteiger partial charge on any atom is 0.226 e. The molecule has 0 fully saturated rings. The number of fused-ring (bicyclic) bond motifs is 4. The van der Waals surface area contributed by atoms with Gasteiger partial charge in [0.1, 0.15) is 5.52 Å². The van der Waals surface area contributed by atoms with Gasteiger partial charge >= 0.3 is 0 Å². The van der Waals surface area contributed by atoms with Gasteiger partial charge in [0.15, 0.2) is 23.1 Å². The molecule has 4 aromatic heterocycles. The summed E-state index contributed by atoms with van der Waals surface area (Å²) in [6, 6.07) is 21.0. The van der Waals surface area contributed by atoms with E-state index in [2.05, 4.69) is 112 Å².